The number of thiocyanates is 1. The third-order valence-corrected chi connectivity index (χ3v) is 1.02. The number of nitrogens with zero attached hydrogens (tertiary/aromatic N) is 1. The van der Waals surface area contributed by atoms with Crippen LogP contribution in [0.25, 0.3) is 0 Å². The molecule has 4 heteroatoms. The van der Waals surface area contributed by atoms with Gasteiger partial charge in [0.25, 0.3) is 0 Å². The zero-order chi connectivity index (χ0) is 5.70. The van der Waals surface area contributed by atoms with Crippen molar-refractivity contribution in [2.45, 2.75) is 6.92 Å². The summed E-state index contributed by atoms with van der Waals surface area (Å²) in [6, 6.07) is 0. The van der Waals surface area contributed by atoms with Gasteiger partial charge in [0.15, 0.2) is 0 Å². The van der Waals surface area contributed by atoms with Crippen LogP contribution in [-0.2, 0) is 4.79 Å². The summed E-state index contributed by atoms with van der Waals surface area (Å²) in [5.74, 6) is 0.364. The zero-order valence-electron chi connectivity index (χ0n) is 3.97. The summed E-state index contributed by atoms with van der Waals surface area (Å²) in [5.41, 5.74) is 0. The molecule has 0 N–H and O–H groups in total. The molecule has 0 aliphatic carbocycles. The fourth-order valence-electron chi connectivity index (χ4n) is 0.134. The molecule has 0 aromatic carbocycles. The normalized spacial score (nSPS) is 6.50. The van der Waals surface area contributed by atoms with Crippen LogP contribution in [0.15, 0.2) is 0 Å². The maximum absolute atomic E-state index is 10.0. The third kappa shape index (κ3) is 10.2. The summed E-state index contributed by atoms with van der Waals surface area (Å²) >= 11 is 0.972. The van der Waals surface area contributed by atoms with Crippen molar-refractivity contribution >= 4 is 68.9 Å². The van der Waals surface area contributed by atoms with E-state index in [0.717, 1.165) is 11.8 Å². The molecule has 2 nitrogen and oxygen atoms in total. The average Bonchev–Trinajstić information content (AvgIpc) is 1.61. The van der Waals surface area contributed by atoms with Gasteiger partial charge in [-0.3, -0.25) is 4.79 Å². The Kier molecular flexibility index (Phi) is 12.1. The van der Waals surface area contributed by atoms with Crippen molar-refractivity contribution < 1.29 is 4.79 Å². The van der Waals surface area contributed by atoms with E-state index in [2.05, 4.69) is 0 Å². The molecule has 0 heterocycles. The van der Waals surface area contributed by atoms with Crippen LogP contribution in [-0.4, -0.2) is 62.9 Å². The van der Waals surface area contributed by atoms with Crippen molar-refractivity contribution in [2.75, 3.05) is 5.75 Å². The van der Waals surface area contributed by atoms with Crippen LogP contribution in [0, 0.1) is 10.7 Å². The van der Waals surface area contributed by atoms with E-state index in [1.807, 2.05) is 0 Å². The molecule has 0 saturated carbocycles. The van der Waals surface area contributed by atoms with Crippen molar-refractivity contribution in [3.63, 3.8) is 0 Å². The van der Waals surface area contributed by atoms with Gasteiger partial charge in [0, 0.05) is 0 Å². The van der Waals surface area contributed by atoms with E-state index in [1.54, 1.807) is 5.40 Å². The predicted molar refractivity (Wildman–Crippen MR) is 35.9 cm³/mol. The summed E-state index contributed by atoms with van der Waals surface area (Å²) in [6.45, 7) is 1.46. The van der Waals surface area contributed by atoms with Crippen LogP contribution < -0.4 is 0 Å². The van der Waals surface area contributed by atoms with Gasteiger partial charge in [-0.25, -0.2) is 0 Å². The van der Waals surface area contributed by atoms with Gasteiger partial charge in [0.1, 0.15) is 11.2 Å². The first-order valence-corrected chi connectivity index (χ1v) is 2.76. The number of hydrogen-bond donors (Lipinski definition) is 0. The minimum atomic E-state index is 0. The predicted octanol–water partition coefficient (Wildman–Crippen LogP) is 0.141. The molecule has 8 heavy (non-hydrogen) atoms. The molecule has 40 valence electrons. The molecule has 0 spiro atoms. The van der Waals surface area contributed by atoms with Gasteiger partial charge >= 0.3 is 51.4 Å². The van der Waals surface area contributed by atoms with Gasteiger partial charge in [0.05, 0.1) is 5.75 Å². The molecular formula is C4H6KNOS. The Bertz CT molecular complexity index is 109. The van der Waals surface area contributed by atoms with E-state index < -0.39 is 0 Å². The number of nitriles is 1. The van der Waals surface area contributed by atoms with E-state index in [0.29, 0.717) is 5.75 Å². The van der Waals surface area contributed by atoms with E-state index >= 15 is 0 Å². The maximum atomic E-state index is 10.0. The second kappa shape index (κ2) is 8.15. The first-order valence-electron chi connectivity index (χ1n) is 1.77. The number of hydrogen-bond acceptors (Lipinski definition) is 3. The minimum absolute atomic E-state index is 0. The molecule has 0 atom stereocenters. The molecule has 0 radical (unpaired) electrons. The van der Waals surface area contributed by atoms with Crippen LogP contribution >= 0.6 is 11.8 Å². The Morgan fingerprint density at radius 3 is 2.50 bits per heavy atom. The molecule has 0 aromatic heterocycles. The first-order chi connectivity index (χ1) is 3.27. The zero-order valence-corrected chi connectivity index (χ0v) is 4.79. The summed E-state index contributed by atoms with van der Waals surface area (Å²) < 4.78 is 0. The molecule has 0 bridgehead atoms. The van der Waals surface area contributed by atoms with Crippen molar-refractivity contribution in [3.05, 3.63) is 0 Å². The first kappa shape index (κ1) is 11.9. The Morgan fingerprint density at radius 1 is 1.88 bits per heavy atom. The Morgan fingerprint density at radius 2 is 2.38 bits per heavy atom. The summed E-state index contributed by atoms with van der Waals surface area (Å²) in [5, 5.41) is 9.67. The molecule has 0 aromatic rings. The third-order valence-electron chi connectivity index (χ3n) is 0.340. The van der Waals surface area contributed by atoms with Crippen LogP contribution in [0.2, 0.25) is 0 Å². The van der Waals surface area contributed by atoms with E-state index in [1.165, 1.54) is 6.92 Å². The van der Waals surface area contributed by atoms with E-state index in [9.17, 15) is 4.79 Å². The molecule has 0 aliphatic heterocycles. The van der Waals surface area contributed by atoms with Crippen molar-refractivity contribution in [1.82, 2.24) is 0 Å². The van der Waals surface area contributed by atoms with Crippen molar-refractivity contribution in [3.8, 4) is 5.40 Å². The summed E-state index contributed by atoms with van der Waals surface area (Å²) in [7, 11) is 0. The van der Waals surface area contributed by atoms with Crippen molar-refractivity contribution in [2.24, 2.45) is 0 Å². The summed E-state index contributed by atoms with van der Waals surface area (Å²) in [6.07, 6.45) is 0. The number of Topliss-reactive ketones (excluding diaryl/α,β-unsaturated/α-hetero) is 1. The molecule has 0 amide bonds. The van der Waals surface area contributed by atoms with E-state index in [4.69, 9.17) is 5.26 Å². The second-order valence-corrected chi connectivity index (χ2v) is 1.84. The van der Waals surface area contributed by atoms with Crippen molar-refractivity contribution in [1.29, 1.82) is 5.26 Å². The van der Waals surface area contributed by atoms with Gasteiger partial charge < -0.3 is 0 Å². The van der Waals surface area contributed by atoms with E-state index in [-0.39, 0.29) is 57.2 Å². The molecular weight excluding hydrogens is 149 g/mol. The van der Waals surface area contributed by atoms with Crippen LogP contribution in [0.5, 0.6) is 0 Å². The SMILES string of the molecule is CC(=O)CSC#N.[KH]. The number of carbonyl (C=O) groups is 1. The average molecular weight is 155 g/mol. The van der Waals surface area contributed by atoms with Gasteiger partial charge in [-0.05, 0) is 18.7 Å². The molecule has 0 aliphatic rings. The van der Waals surface area contributed by atoms with Gasteiger partial charge in [0.2, 0.25) is 0 Å². The Balaban J connectivity index is 0. The van der Waals surface area contributed by atoms with Crippen LogP contribution in [0.3, 0.4) is 0 Å². The summed E-state index contributed by atoms with van der Waals surface area (Å²) in [4.78, 5) is 10.0. The Labute approximate surface area is 95.4 Å². The van der Waals surface area contributed by atoms with Crippen LogP contribution in [0.4, 0.5) is 0 Å². The van der Waals surface area contributed by atoms with Gasteiger partial charge in [-0.15, -0.1) is 0 Å². The quantitative estimate of drug-likeness (QED) is 0.421. The standard InChI is InChI=1S/C4H5NOS.K.H/c1-4(6)2-7-3-5;;/h2H2,1H3;;. The second-order valence-electron chi connectivity index (χ2n) is 1.08. The van der Waals surface area contributed by atoms with Gasteiger partial charge in [-0.1, -0.05) is 0 Å². The molecule has 0 unspecified atom stereocenters. The number of carbonyl (C=O) groups excluding carboxylic acids is 1. The molecule has 0 rings (SSSR count). The Hall–Kier alpha value is 1.15. The molecule has 0 saturated heterocycles. The topological polar surface area (TPSA) is 40.9 Å². The number of ketones is 1. The van der Waals surface area contributed by atoms with Gasteiger partial charge in [-0.2, -0.15) is 5.26 Å². The molecule has 0 fully saturated rings. The fourth-order valence-corrected chi connectivity index (χ4v) is 0.402. The fraction of sp³-hybridized carbons (Fsp3) is 0.500. The van der Waals surface area contributed by atoms with Crippen LogP contribution in [0.1, 0.15) is 6.92 Å². The monoisotopic (exact) mass is 155 g/mol. The number of rotatable bonds is 2. The number of thioether (sulfide) groups is 1.